The number of nitrogens with one attached hydrogen (secondary N) is 1. The third-order valence-corrected chi connectivity index (χ3v) is 2.09. The average molecular weight is 203 g/mol. The first-order chi connectivity index (χ1) is 6.63. The molecule has 82 valence electrons. The molecule has 0 radical (unpaired) electrons. The van der Waals surface area contributed by atoms with Crippen molar-refractivity contribution in [1.82, 2.24) is 5.32 Å². The molecule has 5 nitrogen and oxygen atoms in total. The molecule has 0 aromatic heterocycles. The number of ether oxygens (including phenoxy) is 2. The Bertz CT molecular complexity index is 197. The maximum atomic E-state index is 10.6. The fraction of sp³-hybridized carbons (Fsp3) is 0.889. The SMILES string of the molecule is CCO[C@H]1C[C@H](O)[C@@H](CNC(C)=O)O1. The maximum Gasteiger partial charge on any atom is 0.216 e. The molecule has 0 saturated carbocycles. The predicted octanol–water partition coefficient (Wildman–Crippen LogP) is -0.365. The number of amides is 1. The molecule has 1 rings (SSSR count). The minimum absolute atomic E-state index is 0.124. The summed E-state index contributed by atoms with van der Waals surface area (Å²) >= 11 is 0. The monoisotopic (exact) mass is 203 g/mol. The van der Waals surface area contributed by atoms with E-state index >= 15 is 0 Å². The van der Waals surface area contributed by atoms with Gasteiger partial charge < -0.3 is 19.9 Å². The van der Waals surface area contributed by atoms with Gasteiger partial charge in [-0.25, -0.2) is 0 Å². The maximum absolute atomic E-state index is 10.6. The Labute approximate surface area is 83.4 Å². The highest BCUT2D eigenvalue weighted by Crippen LogP contribution is 2.20. The summed E-state index contributed by atoms with van der Waals surface area (Å²) in [5.41, 5.74) is 0. The number of aliphatic hydroxyl groups excluding tert-OH is 1. The topological polar surface area (TPSA) is 67.8 Å². The van der Waals surface area contributed by atoms with Crippen LogP contribution in [0.25, 0.3) is 0 Å². The summed E-state index contributed by atoms with van der Waals surface area (Å²) in [6.45, 7) is 4.20. The van der Waals surface area contributed by atoms with Crippen molar-refractivity contribution < 1.29 is 19.4 Å². The Morgan fingerprint density at radius 1 is 1.71 bits per heavy atom. The van der Waals surface area contributed by atoms with Crippen molar-refractivity contribution in [3.63, 3.8) is 0 Å². The van der Waals surface area contributed by atoms with Crippen LogP contribution in [0.3, 0.4) is 0 Å². The minimum Gasteiger partial charge on any atom is -0.390 e. The summed E-state index contributed by atoms with van der Waals surface area (Å²) < 4.78 is 10.6. The molecule has 1 aliphatic heterocycles. The van der Waals surface area contributed by atoms with E-state index in [1.165, 1.54) is 6.92 Å². The van der Waals surface area contributed by atoms with E-state index in [-0.39, 0.29) is 18.3 Å². The van der Waals surface area contributed by atoms with Crippen molar-refractivity contribution in [2.75, 3.05) is 13.2 Å². The summed E-state index contributed by atoms with van der Waals surface area (Å²) in [4.78, 5) is 10.6. The summed E-state index contributed by atoms with van der Waals surface area (Å²) in [6.07, 6.45) is -0.777. The number of hydrogen-bond donors (Lipinski definition) is 2. The molecule has 0 aromatic carbocycles. The van der Waals surface area contributed by atoms with E-state index in [2.05, 4.69) is 5.32 Å². The fourth-order valence-corrected chi connectivity index (χ4v) is 1.41. The number of carbonyl (C=O) groups is 1. The molecule has 1 aliphatic rings. The van der Waals surface area contributed by atoms with Crippen LogP contribution in [0.15, 0.2) is 0 Å². The van der Waals surface area contributed by atoms with Crippen LogP contribution in [0.5, 0.6) is 0 Å². The van der Waals surface area contributed by atoms with Crippen LogP contribution in [0, 0.1) is 0 Å². The highest BCUT2D eigenvalue weighted by Gasteiger charge is 2.34. The smallest absolute Gasteiger partial charge is 0.216 e. The van der Waals surface area contributed by atoms with Gasteiger partial charge in [0.05, 0.1) is 6.10 Å². The first-order valence-corrected chi connectivity index (χ1v) is 4.83. The van der Waals surface area contributed by atoms with Crippen LogP contribution in [0.2, 0.25) is 0 Å². The van der Waals surface area contributed by atoms with E-state index in [1.807, 2.05) is 6.92 Å². The molecule has 5 heteroatoms. The first-order valence-electron chi connectivity index (χ1n) is 4.83. The van der Waals surface area contributed by atoms with Crippen LogP contribution in [0.1, 0.15) is 20.3 Å². The van der Waals surface area contributed by atoms with Crippen LogP contribution < -0.4 is 5.32 Å². The molecule has 0 spiro atoms. The van der Waals surface area contributed by atoms with E-state index in [0.29, 0.717) is 19.6 Å². The Hall–Kier alpha value is -0.650. The number of carbonyl (C=O) groups excluding carboxylic acids is 1. The Morgan fingerprint density at radius 3 is 3.00 bits per heavy atom. The third kappa shape index (κ3) is 3.25. The lowest BCUT2D eigenvalue weighted by atomic mass is 10.2. The van der Waals surface area contributed by atoms with Gasteiger partial charge >= 0.3 is 0 Å². The molecule has 0 unspecified atom stereocenters. The van der Waals surface area contributed by atoms with E-state index in [4.69, 9.17) is 9.47 Å². The van der Waals surface area contributed by atoms with Gasteiger partial charge in [0.25, 0.3) is 0 Å². The van der Waals surface area contributed by atoms with Crippen molar-refractivity contribution in [3.05, 3.63) is 0 Å². The van der Waals surface area contributed by atoms with Gasteiger partial charge in [-0.2, -0.15) is 0 Å². The largest absolute Gasteiger partial charge is 0.390 e. The molecular weight excluding hydrogens is 186 g/mol. The quantitative estimate of drug-likeness (QED) is 0.654. The Balaban J connectivity index is 2.29. The van der Waals surface area contributed by atoms with Gasteiger partial charge in [-0.05, 0) is 6.92 Å². The molecule has 1 saturated heterocycles. The molecule has 1 amide bonds. The lowest BCUT2D eigenvalue weighted by Gasteiger charge is -2.14. The second kappa shape index (κ2) is 5.29. The van der Waals surface area contributed by atoms with Gasteiger partial charge in [0.2, 0.25) is 5.91 Å². The molecule has 0 aliphatic carbocycles. The van der Waals surface area contributed by atoms with Crippen molar-refractivity contribution in [1.29, 1.82) is 0 Å². The lowest BCUT2D eigenvalue weighted by Crippen LogP contribution is -2.36. The zero-order valence-corrected chi connectivity index (χ0v) is 8.53. The normalized spacial score (nSPS) is 31.8. The van der Waals surface area contributed by atoms with Gasteiger partial charge in [0.15, 0.2) is 6.29 Å². The van der Waals surface area contributed by atoms with Crippen molar-refractivity contribution in [3.8, 4) is 0 Å². The summed E-state index contributed by atoms with van der Waals surface area (Å²) in [5.74, 6) is -0.124. The fourth-order valence-electron chi connectivity index (χ4n) is 1.41. The first kappa shape index (κ1) is 11.4. The highest BCUT2D eigenvalue weighted by atomic mass is 16.7. The van der Waals surface area contributed by atoms with Crippen LogP contribution in [-0.2, 0) is 14.3 Å². The zero-order valence-electron chi connectivity index (χ0n) is 8.53. The average Bonchev–Trinajstić information content (AvgIpc) is 2.44. The molecule has 2 N–H and O–H groups in total. The molecule has 0 bridgehead atoms. The second-order valence-electron chi connectivity index (χ2n) is 3.30. The molecule has 1 heterocycles. The van der Waals surface area contributed by atoms with Crippen molar-refractivity contribution in [2.45, 2.75) is 38.8 Å². The molecule has 0 aromatic rings. The molecule has 14 heavy (non-hydrogen) atoms. The van der Waals surface area contributed by atoms with Crippen molar-refractivity contribution >= 4 is 5.91 Å². The summed E-state index contributed by atoms with van der Waals surface area (Å²) in [6, 6.07) is 0. The number of rotatable bonds is 4. The van der Waals surface area contributed by atoms with Crippen molar-refractivity contribution in [2.24, 2.45) is 0 Å². The Morgan fingerprint density at radius 2 is 2.43 bits per heavy atom. The lowest BCUT2D eigenvalue weighted by molar-refractivity contribution is -0.134. The number of hydrogen-bond acceptors (Lipinski definition) is 4. The molecule has 3 atom stereocenters. The highest BCUT2D eigenvalue weighted by molar-refractivity contribution is 5.72. The van der Waals surface area contributed by atoms with Gasteiger partial charge in [-0.1, -0.05) is 0 Å². The minimum atomic E-state index is -0.557. The van der Waals surface area contributed by atoms with E-state index < -0.39 is 6.10 Å². The van der Waals surface area contributed by atoms with E-state index in [9.17, 15) is 9.90 Å². The zero-order chi connectivity index (χ0) is 10.6. The molecular formula is C9H17NO4. The Kier molecular flexibility index (Phi) is 4.31. The van der Waals surface area contributed by atoms with Gasteiger partial charge in [0, 0.05) is 26.5 Å². The van der Waals surface area contributed by atoms with Gasteiger partial charge in [-0.3, -0.25) is 4.79 Å². The summed E-state index contributed by atoms with van der Waals surface area (Å²) in [7, 11) is 0. The standard InChI is InChI=1S/C9H17NO4/c1-3-13-9-4-7(12)8(14-9)5-10-6(2)11/h7-9,12H,3-5H2,1-2H3,(H,10,11)/t7-,8+,9+/m0/s1. The van der Waals surface area contributed by atoms with Crippen LogP contribution in [0.4, 0.5) is 0 Å². The predicted molar refractivity (Wildman–Crippen MR) is 49.6 cm³/mol. The summed E-state index contributed by atoms with van der Waals surface area (Å²) in [5, 5.41) is 12.1. The second-order valence-corrected chi connectivity index (χ2v) is 3.30. The van der Waals surface area contributed by atoms with Gasteiger partial charge in [-0.15, -0.1) is 0 Å². The van der Waals surface area contributed by atoms with E-state index in [0.717, 1.165) is 0 Å². The molecule has 1 fully saturated rings. The van der Waals surface area contributed by atoms with Crippen LogP contribution in [-0.4, -0.2) is 42.7 Å². The van der Waals surface area contributed by atoms with E-state index in [1.54, 1.807) is 0 Å². The number of aliphatic hydroxyl groups is 1. The van der Waals surface area contributed by atoms with Crippen LogP contribution >= 0.6 is 0 Å². The van der Waals surface area contributed by atoms with Gasteiger partial charge in [0.1, 0.15) is 6.10 Å². The third-order valence-electron chi connectivity index (χ3n) is 2.09.